The third-order valence-corrected chi connectivity index (χ3v) is 3.34. The van der Waals surface area contributed by atoms with Crippen LogP contribution in [-0.2, 0) is 4.74 Å². The molecule has 0 heterocycles. The van der Waals surface area contributed by atoms with E-state index in [0.717, 1.165) is 19.3 Å². The minimum absolute atomic E-state index is 0.0782. The minimum atomic E-state index is 0.0782. The monoisotopic (exact) mass is 260 g/mol. The molecule has 1 rings (SSSR count). The van der Waals surface area contributed by atoms with Gasteiger partial charge in [-0.3, -0.25) is 0 Å². The fourth-order valence-corrected chi connectivity index (χ4v) is 2.21. The summed E-state index contributed by atoms with van der Waals surface area (Å²) in [6.45, 7) is 0. The Morgan fingerprint density at radius 3 is 2.55 bits per heavy atom. The molecule has 11 heavy (non-hydrogen) atoms. The molecule has 1 aliphatic rings. The van der Waals surface area contributed by atoms with Crippen molar-refractivity contribution in [1.82, 2.24) is 0 Å². The van der Waals surface area contributed by atoms with Crippen LogP contribution in [0.5, 0.6) is 0 Å². The summed E-state index contributed by atoms with van der Waals surface area (Å²) in [7, 11) is 0. The van der Waals surface area contributed by atoms with Crippen molar-refractivity contribution in [2.75, 3.05) is 5.52 Å². The molecular formula is C7H11BrCl2O. The first-order valence-electron chi connectivity index (χ1n) is 3.69. The Morgan fingerprint density at radius 1 is 1.27 bits per heavy atom. The molecule has 1 saturated carbocycles. The summed E-state index contributed by atoms with van der Waals surface area (Å²) >= 11 is 15.1. The summed E-state index contributed by atoms with van der Waals surface area (Å²) in [5, 5.41) is 0.210. The lowest BCUT2D eigenvalue weighted by Gasteiger charge is -2.28. The van der Waals surface area contributed by atoms with Gasteiger partial charge in [0.1, 0.15) is 5.52 Å². The van der Waals surface area contributed by atoms with Crippen LogP contribution in [0.15, 0.2) is 0 Å². The zero-order valence-electron chi connectivity index (χ0n) is 6.10. The molecule has 4 heteroatoms. The normalized spacial score (nSPS) is 39.0. The van der Waals surface area contributed by atoms with Crippen molar-refractivity contribution >= 4 is 39.1 Å². The van der Waals surface area contributed by atoms with Gasteiger partial charge in [-0.2, -0.15) is 0 Å². The Kier molecular flexibility index (Phi) is 4.50. The van der Waals surface area contributed by atoms with Gasteiger partial charge in [0.25, 0.3) is 0 Å². The average molecular weight is 262 g/mol. The van der Waals surface area contributed by atoms with E-state index in [-0.39, 0.29) is 10.8 Å². The highest BCUT2D eigenvalue weighted by molar-refractivity contribution is 9.09. The first-order chi connectivity index (χ1) is 5.24. The van der Waals surface area contributed by atoms with E-state index in [4.69, 9.17) is 27.9 Å². The highest BCUT2D eigenvalue weighted by Crippen LogP contribution is 2.29. The molecule has 0 aliphatic heterocycles. The molecule has 1 fully saturated rings. The lowest BCUT2D eigenvalue weighted by Crippen LogP contribution is -2.30. The van der Waals surface area contributed by atoms with Crippen LogP contribution in [0.2, 0.25) is 0 Å². The predicted molar refractivity (Wildman–Crippen MR) is 51.8 cm³/mol. The summed E-state index contributed by atoms with van der Waals surface area (Å²) < 4.78 is 5.38. The van der Waals surface area contributed by atoms with Gasteiger partial charge >= 0.3 is 0 Å². The number of ether oxygens (including phenoxy) is 1. The smallest absolute Gasteiger partial charge is 0.102 e. The summed E-state index contributed by atoms with van der Waals surface area (Å²) in [6, 6.07) is 0. The Morgan fingerprint density at radius 2 is 2.00 bits per heavy atom. The molecule has 0 amide bonds. The molecule has 0 saturated heterocycles. The summed E-state index contributed by atoms with van der Waals surface area (Å²) in [5.74, 6) is 0. The van der Waals surface area contributed by atoms with E-state index in [9.17, 15) is 0 Å². The largest absolute Gasteiger partial charge is 0.367 e. The maximum absolute atomic E-state index is 5.97. The van der Waals surface area contributed by atoms with E-state index in [0.29, 0.717) is 11.6 Å². The molecule has 0 aromatic carbocycles. The average Bonchev–Trinajstić information content (AvgIpc) is 1.98. The van der Waals surface area contributed by atoms with Crippen LogP contribution in [0.25, 0.3) is 0 Å². The number of rotatable bonds is 2. The lowest BCUT2D eigenvalue weighted by molar-refractivity contribution is 0.0646. The first-order valence-corrected chi connectivity index (χ1v) is 5.69. The fourth-order valence-electron chi connectivity index (χ4n) is 1.28. The topological polar surface area (TPSA) is 9.23 Å². The molecule has 1 nitrogen and oxygen atoms in total. The Balaban J connectivity index is 2.28. The van der Waals surface area contributed by atoms with Crippen LogP contribution in [0.4, 0.5) is 0 Å². The van der Waals surface area contributed by atoms with Gasteiger partial charge in [-0.15, -0.1) is 23.2 Å². The van der Waals surface area contributed by atoms with Gasteiger partial charge in [0.2, 0.25) is 0 Å². The molecule has 1 aliphatic carbocycles. The van der Waals surface area contributed by atoms with E-state index in [1.54, 1.807) is 0 Å². The number of hydrogen-bond donors (Lipinski definition) is 0. The number of halogens is 3. The van der Waals surface area contributed by atoms with Crippen molar-refractivity contribution in [3.8, 4) is 0 Å². The van der Waals surface area contributed by atoms with Gasteiger partial charge < -0.3 is 4.74 Å². The Hall–Kier alpha value is 1.02. The zero-order valence-corrected chi connectivity index (χ0v) is 9.20. The molecule has 3 unspecified atom stereocenters. The summed E-state index contributed by atoms with van der Waals surface area (Å²) in [6.07, 6.45) is 3.17. The second kappa shape index (κ2) is 4.90. The van der Waals surface area contributed by atoms with Crippen molar-refractivity contribution in [3.05, 3.63) is 0 Å². The predicted octanol–water partition coefficient (Wildman–Crippen LogP) is 3.12. The molecule has 66 valence electrons. The molecular weight excluding hydrogens is 251 g/mol. The van der Waals surface area contributed by atoms with E-state index < -0.39 is 0 Å². The lowest BCUT2D eigenvalue weighted by atomic mass is 9.97. The molecule has 0 aromatic rings. The number of hydrogen-bond acceptors (Lipinski definition) is 1. The SMILES string of the molecule is ClC1CCC(OCBr)CC1Cl. The third kappa shape index (κ3) is 3.10. The molecule has 0 N–H and O–H groups in total. The fraction of sp³-hybridized carbons (Fsp3) is 1.00. The van der Waals surface area contributed by atoms with E-state index in [1.165, 1.54) is 0 Å². The maximum atomic E-state index is 5.97. The van der Waals surface area contributed by atoms with Crippen LogP contribution in [0.3, 0.4) is 0 Å². The van der Waals surface area contributed by atoms with Crippen LogP contribution in [-0.4, -0.2) is 22.4 Å². The Labute approximate surface area is 85.5 Å². The third-order valence-electron chi connectivity index (χ3n) is 1.94. The van der Waals surface area contributed by atoms with Gasteiger partial charge in [0, 0.05) is 0 Å². The van der Waals surface area contributed by atoms with Gasteiger partial charge in [0.15, 0.2) is 0 Å². The molecule has 3 atom stereocenters. The van der Waals surface area contributed by atoms with Gasteiger partial charge in [-0.05, 0) is 19.3 Å². The minimum Gasteiger partial charge on any atom is -0.367 e. The van der Waals surface area contributed by atoms with Crippen molar-refractivity contribution in [1.29, 1.82) is 0 Å². The standard InChI is InChI=1S/C7H11BrCl2O/c8-4-11-5-1-2-6(9)7(10)3-5/h5-7H,1-4H2. The van der Waals surface area contributed by atoms with Gasteiger partial charge in [-0.1, -0.05) is 15.9 Å². The quantitative estimate of drug-likeness (QED) is 0.694. The molecule has 0 aromatic heterocycles. The molecule has 0 bridgehead atoms. The highest BCUT2D eigenvalue weighted by Gasteiger charge is 2.27. The summed E-state index contributed by atoms with van der Waals surface area (Å²) in [5.41, 5.74) is 0.591. The van der Waals surface area contributed by atoms with Crippen molar-refractivity contribution in [2.45, 2.75) is 36.1 Å². The Bertz CT molecular complexity index is 123. The first kappa shape index (κ1) is 10.1. The molecule has 0 spiro atoms. The van der Waals surface area contributed by atoms with Gasteiger partial charge in [0.05, 0.1) is 16.9 Å². The maximum Gasteiger partial charge on any atom is 0.102 e. The van der Waals surface area contributed by atoms with Gasteiger partial charge in [-0.25, -0.2) is 0 Å². The van der Waals surface area contributed by atoms with E-state index >= 15 is 0 Å². The van der Waals surface area contributed by atoms with E-state index in [1.807, 2.05) is 0 Å². The van der Waals surface area contributed by atoms with Crippen molar-refractivity contribution in [2.24, 2.45) is 0 Å². The zero-order chi connectivity index (χ0) is 8.27. The summed E-state index contributed by atoms with van der Waals surface area (Å²) in [4.78, 5) is 0. The second-order valence-corrected chi connectivity index (χ2v) is 4.32. The van der Waals surface area contributed by atoms with Crippen LogP contribution < -0.4 is 0 Å². The van der Waals surface area contributed by atoms with Crippen molar-refractivity contribution in [3.63, 3.8) is 0 Å². The second-order valence-electron chi connectivity index (χ2n) is 2.74. The molecule has 0 radical (unpaired) electrons. The van der Waals surface area contributed by atoms with Crippen LogP contribution in [0, 0.1) is 0 Å². The van der Waals surface area contributed by atoms with Crippen molar-refractivity contribution < 1.29 is 4.74 Å². The van der Waals surface area contributed by atoms with E-state index in [2.05, 4.69) is 15.9 Å². The van der Waals surface area contributed by atoms with Crippen LogP contribution in [0.1, 0.15) is 19.3 Å². The number of alkyl halides is 3. The van der Waals surface area contributed by atoms with Crippen LogP contribution >= 0.6 is 39.1 Å². The highest BCUT2D eigenvalue weighted by atomic mass is 79.9.